The lowest BCUT2D eigenvalue weighted by Gasteiger charge is -2.17. The number of aliphatic hydroxyl groups is 1. The number of rotatable bonds is 4. The quantitative estimate of drug-likeness (QED) is 0.823. The molecule has 0 amide bonds. The van der Waals surface area contributed by atoms with Crippen LogP contribution in [0.1, 0.15) is 25.3 Å². The highest BCUT2D eigenvalue weighted by Crippen LogP contribution is 2.52. The minimum atomic E-state index is -0.725. The second kappa shape index (κ2) is 3.74. The van der Waals surface area contributed by atoms with E-state index in [-0.39, 0.29) is 0 Å². The van der Waals surface area contributed by atoms with Crippen LogP contribution in [0.3, 0.4) is 0 Å². The molecule has 1 aromatic carbocycles. The van der Waals surface area contributed by atoms with Gasteiger partial charge in [-0.1, -0.05) is 6.07 Å². The average molecular weight is 208 g/mol. The van der Waals surface area contributed by atoms with Crippen LogP contribution in [0.2, 0.25) is 0 Å². The van der Waals surface area contributed by atoms with Crippen LogP contribution >= 0.6 is 0 Å². The zero-order valence-electron chi connectivity index (χ0n) is 9.12. The lowest BCUT2D eigenvalue weighted by atomic mass is 10.1. The number of methoxy groups -OCH3 is 1. The van der Waals surface area contributed by atoms with E-state index in [4.69, 9.17) is 9.47 Å². The largest absolute Gasteiger partial charge is 0.496 e. The molecule has 1 aliphatic carbocycles. The summed E-state index contributed by atoms with van der Waals surface area (Å²) in [6.45, 7) is 2.52. The first kappa shape index (κ1) is 10.3. The summed E-state index contributed by atoms with van der Waals surface area (Å²) in [7, 11) is 1.61. The maximum Gasteiger partial charge on any atom is 0.129 e. The topological polar surface area (TPSA) is 38.7 Å². The van der Waals surface area contributed by atoms with Gasteiger partial charge in [-0.05, 0) is 31.9 Å². The van der Waals surface area contributed by atoms with Crippen LogP contribution in [0.4, 0.5) is 0 Å². The Hall–Kier alpha value is -1.22. The lowest BCUT2D eigenvalue weighted by Crippen LogP contribution is -2.10. The fourth-order valence-electron chi connectivity index (χ4n) is 1.78. The number of hydrogen-bond acceptors (Lipinski definition) is 3. The fraction of sp³-hybridized carbons (Fsp3) is 0.500. The van der Waals surface area contributed by atoms with Crippen molar-refractivity contribution in [3.05, 3.63) is 23.8 Å². The second-order valence-corrected chi connectivity index (χ2v) is 3.80. The standard InChI is InChI=1S/C12H16O3/c1-3-15-10-6-4-5-9(14-2)11(10)12(13)7-8-12/h4-6,13H,3,7-8H2,1-2H3. The summed E-state index contributed by atoms with van der Waals surface area (Å²) in [5, 5.41) is 10.2. The van der Waals surface area contributed by atoms with Crippen LogP contribution in [-0.4, -0.2) is 18.8 Å². The van der Waals surface area contributed by atoms with Crippen molar-refractivity contribution in [2.24, 2.45) is 0 Å². The molecule has 1 saturated carbocycles. The monoisotopic (exact) mass is 208 g/mol. The third-order valence-electron chi connectivity index (χ3n) is 2.70. The molecule has 1 aromatic rings. The summed E-state index contributed by atoms with van der Waals surface area (Å²) < 4.78 is 10.8. The van der Waals surface area contributed by atoms with Crippen molar-refractivity contribution in [1.82, 2.24) is 0 Å². The van der Waals surface area contributed by atoms with Crippen molar-refractivity contribution in [3.8, 4) is 11.5 Å². The Bertz CT molecular complexity index is 356. The molecule has 0 saturated heterocycles. The minimum Gasteiger partial charge on any atom is -0.496 e. The van der Waals surface area contributed by atoms with E-state index in [2.05, 4.69) is 0 Å². The first-order valence-electron chi connectivity index (χ1n) is 5.24. The molecule has 0 unspecified atom stereocenters. The zero-order chi connectivity index (χ0) is 10.9. The van der Waals surface area contributed by atoms with Gasteiger partial charge in [0.05, 0.1) is 24.9 Å². The zero-order valence-corrected chi connectivity index (χ0v) is 9.12. The van der Waals surface area contributed by atoms with E-state index in [0.717, 1.165) is 24.2 Å². The van der Waals surface area contributed by atoms with Gasteiger partial charge in [0.1, 0.15) is 11.5 Å². The van der Waals surface area contributed by atoms with Crippen LogP contribution in [0.5, 0.6) is 11.5 Å². The maximum atomic E-state index is 10.2. The summed E-state index contributed by atoms with van der Waals surface area (Å²) in [6.07, 6.45) is 1.57. The molecule has 3 nitrogen and oxygen atoms in total. The highest BCUT2D eigenvalue weighted by atomic mass is 16.5. The predicted octanol–water partition coefficient (Wildman–Crippen LogP) is 2.08. The van der Waals surface area contributed by atoms with E-state index >= 15 is 0 Å². The smallest absolute Gasteiger partial charge is 0.129 e. The lowest BCUT2D eigenvalue weighted by molar-refractivity contribution is 0.142. The van der Waals surface area contributed by atoms with Crippen molar-refractivity contribution in [2.75, 3.05) is 13.7 Å². The number of ether oxygens (including phenoxy) is 2. The maximum absolute atomic E-state index is 10.2. The van der Waals surface area contributed by atoms with E-state index in [0.29, 0.717) is 12.4 Å². The Morgan fingerprint density at radius 3 is 2.53 bits per heavy atom. The van der Waals surface area contributed by atoms with Crippen LogP contribution < -0.4 is 9.47 Å². The molecule has 0 aromatic heterocycles. The van der Waals surface area contributed by atoms with E-state index in [1.165, 1.54) is 0 Å². The van der Waals surface area contributed by atoms with Crippen molar-refractivity contribution in [1.29, 1.82) is 0 Å². The normalized spacial score (nSPS) is 17.3. The van der Waals surface area contributed by atoms with Gasteiger partial charge in [-0.2, -0.15) is 0 Å². The molecular formula is C12H16O3. The van der Waals surface area contributed by atoms with Crippen LogP contribution in [0, 0.1) is 0 Å². The highest BCUT2D eigenvalue weighted by molar-refractivity contribution is 5.50. The molecule has 1 aliphatic rings. The molecule has 1 fully saturated rings. The second-order valence-electron chi connectivity index (χ2n) is 3.80. The molecular weight excluding hydrogens is 192 g/mol. The summed E-state index contributed by atoms with van der Waals surface area (Å²) in [5.74, 6) is 1.44. The first-order chi connectivity index (χ1) is 7.21. The Morgan fingerprint density at radius 2 is 2.00 bits per heavy atom. The molecule has 1 N–H and O–H groups in total. The number of benzene rings is 1. The third kappa shape index (κ3) is 1.79. The van der Waals surface area contributed by atoms with Gasteiger partial charge in [0.2, 0.25) is 0 Å². The fourth-order valence-corrected chi connectivity index (χ4v) is 1.78. The van der Waals surface area contributed by atoms with Crippen LogP contribution in [0.25, 0.3) is 0 Å². The van der Waals surface area contributed by atoms with Gasteiger partial charge in [-0.25, -0.2) is 0 Å². The Balaban J connectivity index is 2.45. The molecule has 0 aliphatic heterocycles. The van der Waals surface area contributed by atoms with Gasteiger partial charge in [-0.3, -0.25) is 0 Å². The van der Waals surface area contributed by atoms with Crippen molar-refractivity contribution < 1.29 is 14.6 Å². The Morgan fingerprint density at radius 1 is 1.33 bits per heavy atom. The van der Waals surface area contributed by atoms with Crippen LogP contribution in [0.15, 0.2) is 18.2 Å². The average Bonchev–Trinajstić information content (AvgIpc) is 2.97. The first-order valence-corrected chi connectivity index (χ1v) is 5.24. The molecule has 0 radical (unpaired) electrons. The molecule has 82 valence electrons. The van der Waals surface area contributed by atoms with Gasteiger partial charge < -0.3 is 14.6 Å². The van der Waals surface area contributed by atoms with Gasteiger partial charge in [0.15, 0.2) is 0 Å². The van der Waals surface area contributed by atoms with Gasteiger partial charge >= 0.3 is 0 Å². The molecule has 0 bridgehead atoms. The Labute approximate surface area is 89.6 Å². The number of hydrogen-bond donors (Lipinski definition) is 1. The molecule has 0 heterocycles. The molecule has 3 heteroatoms. The van der Waals surface area contributed by atoms with Crippen molar-refractivity contribution >= 4 is 0 Å². The van der Waals surface area contributed by atoms with E-state index < -0.39 is 5.60 Å². The summed E-state index contributed by atoms with van der Waals surface area (Å²) in [6, 6.07) is 5.60. The van der Waals surface area contributed by atoms with E-state index in [1.54, 1.807) is 7.11 Å². The SMILES string of the molecule is CCOc1cccc(OC)c1C1(O)CC1. The molecule has 2 rings (SSSR count). The third-order valence-corrected chi connectivity index (χ3v) is 2.70. The van der Waals surface area contributed by atoms with Crippen molar-refractivity contribution in [2.45, 2.75) is 25.4 Å². The molecule has 0 atom stereocenters. The summed E-state index contributed by atoms with van der Waals surface area (Å²) >= 11 is 0. The van der Waals surface area contributed by atoms with E-state index in [9.17, 15) is 5.11 Å². The van der Waals surface area contributed by atoms with E-state index in [1.807, 2.05) is 25.1 Å². The van der Waals surface area contributed by atoms with Gasteiger partial charge in [0.25, 0.3) is 0 Å². The Kier molecular flexibility index (Phi) is 2.57. The highest BCUT2D eigenvalue weighted by Gasteiger charge is 2.46. The van der Waals surface area contributed by atoms with Crippen molar-refractivity contribution in [3.63, 3.8) is 0 Å². The van der Waals surface area contributed by atoms with Crippen LogP contribution in [-0.2, 0) is 5.60 Å². The minimum absolute atomic E-state index is 0.593. The van der Waals surface area contributed by atoms with Gasteiger partial charge in [-0.15, -0.1) is 0 Å². The molecule has 15 heavy (non-hydrogen) atoms. The van der Waals surface area contributed by atoms with Gasteiger partial charge in [0, 0.05) is 0 Å². The molecule has 0 spiro atoms. The summed E-state index contributed by atoms with van der Waals surface area (Å²) in [5.41, 5.74) is 0.0752. The summed E-state index contributed by atoms with van der Waals surface area (Å²) in [4.78, 5) is 0. The predicted molar refractivity (Wildman–Crippen MR) is 57.3 cm³/mol.